The van der Waals surface area contributed by atoms with Gasteiger partial charge in [-0.1, -0.05) is 109 Å². The van der Waals surface area contributed by atoms with Gasteiger partial charge in [-0.2, -0.15) is 10.5 Å². The largest absolute Gasteiger partial charge is 0.456 e. The maximum atomic E-state index is 11.1. The van der Waals surface area contributed by atoms with E-state index in [9.17, 15) is 10.5 Å². The van der Waals surface area contributed by atoms with Gasteiger partial charge >= 0.3 is 0 Å². The zero-order valence-electron chi connectivity index (χ0n) is 30.0. The van der Waals surface area contributed by atoms with Gasteiger partial charge in [-0.3, -0.25) is 0 Å². The van der Waals surface area contributed by atoms with Crippen molar-refractivity contribution in [3.05, 3.63) is 208 Å². The summed E-state index contributed by atoms with van der Waals surface area (Å²) in [6.07, 6.45) is 0. The van der Waals surface area contributed by atoms with Crippen LogP contribution in [0.25, 0.3) is 71.7 Å². The summed E-state index contributed by atoms with van der Waals surface area (Å²) >= 11 is 0. The van der Waals surface area contributed by atoms with Crippen molar-refractivity contribution < 1.29 is 4.42 Å². The standard InChI is InChI=1S/C52H29N3O/c53-28-33-11-8-15-40-49(33)50-38-13-4-5-14-39(38)51(40)52-41(50)22-21-35(44(52)29-54)32-18-24-46-43(26-32)42-25-31(30-9-2-1-3-10-30)17-23-45(42)55(46)34-19-20-37-36-12-6-7-16-47(36)56-48(37)27-34/h1-27,50-51H. The number of benzene rings is 8. The van der Waals surface area contributed by atoms with Gasteiger partial charge in [0.05, 0.1) is 28.2 Å². The Morgan fingerprint density at radius 1 is 0.446 bits per heavy atom. The Kier molecular flexibility index (Phi) is 6.28. The Balaban J connectivity index is 1.09. The molecule has 3 aliphatic rings. The molecule has 2 atom stereocenters. The van der Waals surface area contributed by atoms with Crippen LogP contribution < -0.4 is 0 Å². The number of nitrogens with zero attached hydrogens (tertiary/aromatic N) is 3. The maximum Gasteiger partial charge on any atom is 0.137 e. The third-order valence-electron chi connectivity index (χ3n) is 12.3. The van der Waals surface area contributed by atoms with Crippen molar-refractivity contribution in [2.45, 2.75) is 11.8 Å². The molecule has 2 bridgehead atoms. The SMILES string of the molecule is N#Cc1cccc2c1C1c3ccccc3C2c2c1ccc(-c1ccc3c(c1)c1cc(-c4ccccc4)ccc1n3-c1ccc3c(c1)oc1ccccc13)c2C#N. The number of hydrogen-bond acceptors (Lipinski definition) is 3. The van der Waals surface area contributed by atoms with E-state index in [4.69, 9.17) is 4.42 Å². The molecule has 8 aromatic carbocycles. The summed E-state index contributed by atoms with van der Waals surface area (Å²) in [7, 11) is 0. The summed E-state index contributed by atoms with van der Waals surface area (Å²) < 4.78 is 8.69. The first-order valence-corrected chi connectivity index (χ1v) is 18.9. The van der Waals surface area contributed by atoms with E-state index in [1.54, 1.807) is 0 Å². The molecule has 13 rings (SSSR count). The summed E-state index contributed by atoms with van der Waals surface area (Å²) in [5.74, 6) is -0.226. The van der Waals surface area contributed by atoms with Gasteiger partial charge in [0.2, 0.25) is 0 Å². The van der Waals surface area contributed by atoms with Gasteiger partial charge in [0.1, 0.15) is 17.2 Å². The summed E-state index contributed by atoms with van der Waals surface area (Å²) in [6.45, 7) is 0. The molecular weight excluding hydrogens is 683 g/mol. The Morgan fingerprint density at radius 3 is 1.89 bits per heavy atom. The second-order valence-corrected chi connectivity index (χ2v) is 15.0. The first-order valence-electron chi connectivity index (χ1n) is 18.9. The smallest absolute Gasteiger partial charge is 0.137 e. The Hall–Kier alpha value is -7.66. The van der Waals surface area contributed by atoms with E-state index in [0.717, 1.165) is 93.9 Å². The van der Waals surface area contributed by atoms with Gasteiger partial charge in [0.15, 0.2) is 0 Å². The molecule has 2 aromatic heterocycles. The monoisotopic (exact) mass is 711 g/mol. The number of nitriles is 2. The molecule has 0 N–H and O–H groups in total. The lowest BCUT2D eigenvalue weighted by molar-refractivity contribution is 0.668. The predicted octanol–water partition coefficient (Wildman–Crippen LogP) is 12.7. The molecule has 2 heterocycles. The minimum absolute atomic E-state index is 0.0980. The molecule has 4 nitrogen and oxygen atoms in total. The molecule has 0 radical (unpaired) electrons. The normalized spacial score (nSPS) is 15.1. The fourth-order valence-electron chi connectivity index (χ4n) is 9.94. The molecule has 0 saturated carbocycles. The number of aromatic nitrogens is 1. The predicted molar refractivity (Wildman–Crippen MR) is 223 cm³/mol. The fourth-order valence-corrected chi connectivity index (χ4v) is 9.94. The van der Waals surface area contributed by atoms with Gasteiger partial charge in [-0.05, 0) is 104 Å². The summed E-state index contributed by atoms with van der Waals surface area (Å²) in [4.78, 5) is 0. The first-order chi connectivity index (χ1) is 27.7. The maximum absolute atomic E-state index is 11.1. The molecule has 0 saturated heterocycles. The molecule has 258 valence electrons. The van der Waals surface area contributed by atoms with Gasteiger partial charge in [-0.25, -0.2) is 0 Å². The fraction of sp³-hybridized carbons (Fsp3) is 0.0385. The molecule has 10 aromatic rings. The van der Waals surface area contributed by atoms with Crippen LogP contribution in [0.3, 0.4) is 0 Å². The van der Waals surface area contributed by atoms with E-state index >= 15 is 0 Å². The van der Waals surface area contributed by atoms with E-state index in [1.165, 1.54) is 11.1 Å². The van der Waals surface area contributed by atoms with Crippen LogP contribution >= 0.6 is 0 Å². The highest BCUT2D eigenvalue weighted by atomic mass is 16.3. The zero-order valence-corrected chi connectivity index (χ0v) is 30.0. The average Bonchev–Trinajstić information content (AvgIpc) is 3.80. The van der Waals surface area contributed by atoms with Crippen molar-refractivity contribution >= 4 is 43.7 Å². The lowest BCUT2D eigenvalue weighted by atomic mass is 9.59. The van der Waals surface area contributed by atoms with Crippen LogP contribution in [0.2, 0.25) is 0 Å². The van der Waals surface area contributed by atoms with Crippen LogP contribution in [-0.4, -0.2) is 4.57 Å². The van der Waals surface area contributed by atoms with Gasteiger partial charge in [0, 0.05) is 45.1 Å². The Labute approximate surface area is 322 Å². The van der Waals surface area contributed by atoms with Gasteiger partial charge in [-0.15, -0.1) is 0 Å². The first kappa shape index (κ1) is 30.8. The molecule has 0 aliphatic heterocycles. The second kappa shape index (κ2) is 11.4. The summed E-state index contributed by atoms with van der Waals surface area (Å²) in [6, 6.07) is 62.6. The van der Waals surface area contributed by atoms with Crippen molar-refractivity contribution in [2.24, 2.45) is 0 Å². The lowest BCUT2D eigenvalue weighted by Crippen LogP contribution is -2.29. The topological polar surface area (TPSA) is 65.7 Å². The van der Waals surface area contributed by atoms with E-state index in [1.807, 2.05) is 36.4 Å². The van der Waals surface area contributed by atoms with Crippen molar-refractivity contribution in [2.75, 3.05) is 0 Å². The quantitative estimate of drug-likeness (QED) is 0.183. The molecule has 0 fully saturated rings. The van der Waals surface area contributed by atoms with Crippen LogP contribution in [0.1, 0.15) is 56.3 Å². The molecular formula is C52H29N3O. The lowest BCUT2D eigenvalue weighted by Gasteiger charge is -2.43. The van der Waals surface area contributed by atoms with Crippen molar-refractivity contribution in [1.82, 2.24) is 4.57 Å². The minimum Gasteiger partial charge on any atom is -0.456 e. The molecule has 2 unspecified atom stereocenters. The van der Waals surface area contributed by atoms with E-state index in [0.29, 0.717) is 11.1 Å². The molecule has 0 spiro atoms. The average molecular weight is 712 g/mol. The number of hydrogen-bond donors (Lipinski definition) is 0. The highest BCUT2D eigenvalue weighted by Crippen LogP contribution is 2.58. The van der Waals surface area contributed by atoms with E-state index in [-0.39, 0.29) is 11.8 Å². The number of rotatable bonds is 3. The zero-order chi connectivity index (χ0) is 37.1. The van der Waals surface area contributed by atoms with Crippen LogP contribution in [0, 0.1) is 22.7 Å². The third-order valence-corrected chi connectivity index (χ3v) is 12.3. The van der Waals surface area contributed by atoms with Crippen molar-refractivity contribution in [3.8, 4) is 40.1 Å². The van der Waals surface area contributed by atoms with Crippen LogP contribution in [0.5, 0.6) is 0 Å². The molecule has 4 heteroatoms. The summed E-state index contributed by atoms with van der Waals surface area (Å²) in [5.41, 5.74) is 17.4. The van der Waals surface area contributed by atoms with E-state index in [2.05, 4.69) is 144 Å². The number of fused-ring (bicyclic) bond motifs is 6. The molecule has 56 heavy (non-hydrogen) atoms. The van der Waals surface area contributed by atoms with Crippen LogP contribution in [0.4, 0.5) is 0 Å². The van der Waals surface area contributed by atoms with Crippen molar-refractivity contribution in [3.63, 3.8) is 0 Å². The van der Waals surface area contributed by atoms with Gasteiger partial charge in [0.25, 0.3) is 0 Å². The number of para-hydroxylation sites is 1. The van der Waals surface area contributed by atoms with Crippen molar-refractivity contribution in [1.29, 1.82) is 10.5 Å². The Morgan fingerprint density at radius 2 is 1.11 bits per heavy atom. The van der Waals surface area contributed by atoms with Crippen LogP contribution in [0.15, 0.2) is 168 Å². The minimum atomic E-state index is -0.128. The molecule has 0 amide bonds. The number of furan rings is 1. The van der Waals surface area contributed by atoms with E-state index < -0.39 is 0 Å². The summed E-state index contributed by atoms with van der Waals surface area (Å²) in [5, 5.41) is 25.7. The van der Waals surface area contributed by atoms with Crippen LogP contribution in [-0.2, 0) is 0 Å². The highest BCUT2D eigenvalue weighted by molar-refractivity contribution is 6.12. The highest BCUT2D eigenvalue weighted by Gasteiger charge is 2.44. The van der Waals surface area contributed by atoms with Gasteiger partial charge < -0.3 is 8.98 Å². The molecule has 3 aliphatic carbocycles. The Bertz CT molecular complexity index is 3410. The third kappa shape index (κ3) is 4.10. The second-order valence-electron chi connectivity index (χ2n) is 15.0.